The first-order valence-corrected chi connectivity index (χ1v) is 35.9. The van der Waals surface area contributed by atoms with Crippen LogP contribution >= 0.6 is 0 Å². The lowest BCUT2D eigenvalue weighted by Crippen LogP contribution is -2.50. The van der Waals surface area contributed by atoms with E-state index in [1.54, 1.807) is 44.0 Å². The summed E-state index contributed by atoms with van der Waals surface area (Å²) in [6.07, 6.45) is 12.1. The number of nitrogens with one attached hydrogen (secondary N) is 1. The zero-order chi connectivity index (χ0) is 69.6. The Labute approximate surface area is 567 Å². The average Bonchev–Trinajstić information content (AvgIpc) is 0.777. The van der Waals surface area contributed by atoms with E-state index in [9.17, 15) is 20.1 Å². The van der Waals surface area contributed by atoms with Gasteiger partial charge in [-0.05, 0) is 122 Å². The lowest BCUT2D eigenvalue weighted by molar-refractivity contribution is -0.101. The summed E-state index contributed by atoms with van der Waals surface area (Å²) in [7, 11) is 0. The van der Waals surface area contributed by atoms with Gasteiger partial charge in [0, 0.05) is 13.1 Å². The third-order valence-corrected chi connectivity index (χ3v) is 15.5. The van der Waals surface area contributed by atoms with Crippen molar-refractivity contribution in [2.75, 3.05) is 106 Å². The van der Waals surface area contributed by atoms with E-state index in [-0.39, 0.29) is 119 Å². The summed E-state index contributed by atoms with van der Waals surface area (Å²) in [6, 6.07) is 7.12. The van der Waals surface area contributed by atoms with E-state index in [4.69, 9.17) is 66.6 Å². The van der Waals surface area contributed by atoms with E-state index in [0.29, 0.717) is 76.7 Å². The Morgan fingerprint density at radius 1 is 0.426 bits per heavy atom. The molecule has 0 aliphatic heterocycles. The first-order chi connectivity index (χ1) is 44.9. The molecule has 22 heteroatoms. The van der Waals surface area contributed by atoms with Crippen LogP contribution in [0.25, 0.3) is 10.9 Å². The van der Waals surface area contributed by atoms with Gasteiger partial charge >= 0.3 is 0 Å². The number of rotatable bonds is 62. The van der Waals surface area contributed by atoms with Crippen LogP contribution < -0.4 is 11.0 Å². The number of carbonyl (C=O) groups is 1. The number of aromatic nitrogens is 2. The van der Waals surface area contributed by atoms with Crippen molar-refractivity contribution in [1.82, 2.24) is 20.0 Å². The number of hydrogen-bond donors (Lipinski definition) is 4. The minimum Gasteiger partial charge on any atom is -0.391 e. The summed E-state index contributed by atoms with van der Waals surface area (Å²) in [5.74, 6) is -0.249. The van der Waals surface area contributed by atoms with Gasteiger partial charge < -0.3 is 76.9 Å². The SMILES string of the molecule is CCCCCCCCCCCCCCCCC(OCC(C)OCC(C)OCC(C)OCC(C)OCC(C)O)c1nc2ccccc2c(=O)n1C(=O)CN(CC(C)OCC(C)OCC(C)OCC(C)OCC(C)O)NCC(C)OCC(C)OCC(C)OCC(C)OCC(C)O. The standard InChI is InChI=1S/C72H134N4O18/c1-17-18-19-20-21-22-23-24-25-26-27-28-29-30-35-69(94-51-66(16)93-50-65(15)92-49-64(14)89-46-59(9)84-41-54(4)79)71-74-68-34-32-31-33-67(68)72(81)76(71)70(80)38-75(37-56(6)86-43-61(11)91-48-63(13)88-45-58(8)83-40-53(3)78)73-36-55(5)85-42-60(10)90-47-62(12)87-44-57(7)82-39-52(2)77/h31-34,52-66,69,73,77-79H,17-30,35-51H2,1-16H3. The molecule has 0 saturated heterocycles. The van der Waals surface area contributed by atoms with Crippen molar-refractivity contribution in [2.45, 2.75) is 305 Å². The molecule has 0 amide bonds. The largest absolute Gasteiger partial charge is 0.391 e. The molecule has 550 valence electrons. The summed E-state index contributed by atoms with van der Waals surface area (Å²) in [4.78, 5) is 35.3. The number of aliphatic hydroxyl groups excluding tert-OH is 3. The van der Waals surface area contributed by atoms with Gasteiger partial charge in [0.2, 0.25) is 0 Å². The van der Waals surface area contributed by atoms with Crippen LogP contribution in [0.4, 0.5) is 0 Å². The zero-order valence-electron chi connectivity index (χ0n) is 61.3. The van der Waals surface area contributed by atoms with Crippen molar-refractivity contribution in [3.8, 4) is 0 Å². The molecule has 16 atom stereocenters. The minimum atomic E-state index is -0.723. The molecule has 0 fully saturated rings. The molecule has 1 aromatic carbocycles. The molecular weight excluding hydrogens is 1210 g/mol. The fourth-order valence-corrected chi connectivity index (χ4v) is 9.86. The molecule has 0 saturated carbocycles. The average molecular weight is 1340 g/mol. The lowest BCUT2D eigenvalue weighted by atomic mass is 10.0. The fourth-order valence-electron chi connectivity index (χ4n) is 9.86. The van der Waals surface area contributed by atoms with Crippen LogP contribution in [-0.4, -0.2) is 233 Å². The maximum absolute atomic E-state index is 15.2. The van der Waals surface area contributed by atoms with Gasteiger partial charge in [-0.15, -0.1) is 0 Å². The Balaban J connectivity index is 2.36. The van der Waals surface area contributed by atoms with Gasteiger partial charge in [0.15, 0.2) is 0 Å². The lowest BCUT2D eigenvalue weighted by Gasteiger charge is -2.29. The number of hydrazine groups is 1. The third kappa shape index (κ3) is 43.7. The molecule has 0 aliphatic rings. The predicted molar refractivity (Wildman–Crippen MR) is 370 cm³/mol. The highest BCUT2D eigenvalue weighted by Gasteiger charge is 2.28. The van der Waals surface area contributed by atoms with E-state index in [1.165, 1.54) is 68.8 Å². The molecule has 0 bridgehead atoms. The Hall–Kier alpha value is -2.69. The van der Waals surface area contributed by atoms with Gasteiger partial charge in [-0.3, -0.25) is 15.0 Å². The number of hydrogen-bond acceptors (Lipinski definition) is 21. The monoisotopic (exact) mass is 1340 g/mol. The van der Waals surface area contributed by atoms with Crippen molar-refractivity contribution in [1.29, 1.82) is 0 Å². The van der Waals surface area contributed by atoms with E-state index >= 15 is 4.79 Å². The second-order valence-corrected chi connectivity index (χ2v) is 26.7. The van der Waals surface area contributed by atoms with Gasteiger partial charge in [-0.2, -0.15) is 0 Å². The van der Waals surface area contributed by atoms with Crippen LogP contribution in [0.15, 0.2) is 29.1 Å². The van der Waals surface area contributed by atoms with E-state index < -0.39 is 42.0 Å². The molecule has 2 rings (SSSR count). The molecular formula is C72H134N4O18. The van der Waals surface area contributed by atoms with Crippen molar-refractivity contribution >= 4 is 16.8 Å². The Morgan fingerprint density at radius 3 is 1.10 bits per heavy atom. The maximum atomic E-state index is 15.2. The van der Waals surface area contributed by atoms with E-state index in [0.717, 1.165) is 25.7 Å². The van der Waals surface area contributed by atoms with Gasteiger partial charge in [0.1, 0.15) is 11.9 Å². The quantitative estimate of drug-likeness (QED) is 0.0355. The van der Waals surface area contributed by atoms with Crippen LogP contribution in [0.3, 0.4) is 0 Å². The number of nitrogens with zero attached hydrogens (tertiary/aromatic N) is 3. The Bertz CT molecular complexity index is 2210. The van der Waals surface area contributed by atoms with Crippen molar-refractivity contribution < 1.29 is 81.7 Å². The number of carbonyl (C=O) groups excluding carboxylic acids is 1. The highest BCUT2D eigenvalue weighted by Crippen LogP contribution is 2.26. The molecule has 0 aliphatic carbocycles. The van der Waals surface area contributed by atoms with Crippen molar-refractivity contribution in [3.63, 3.8) is 0 Å². The number of aliphatic hydroxyl groups is 3. The normalized spacial score (nSPS) is 17.4. The Morgan fingerprint density at radius 2 is 0.734 bits per heavy atom. The molecule has 4 N–H and O–H groups in total. The highest BCUT2D eigenvalue weighted by molar-refractivity contribution is 5.86. The number of para-hydroxylation sites is 1. The molecule has 16 unspecified atom stereocenters. The molecule has 1 aromatic heterocycles. The number of ether oxygens (including phenoxy) is 13. The number of benzene rings is 1. The van der Waals surface area contributed by atoms with Crippen molar-refractivity contribution in [3.05, 3.63) is 40.4 Å². The summed E-state index contributed by atoms with van der Waals surface area (Å²) >= 11 is 0. The van der Waals surface area contributed by atoms with Crippen molar-refractivity contribution in [2.24, 2.45) is 0 Å². The maximum Gasteiger partial charge on any atom is 0.268 e. The highest BCUT2D eigenvalue weighted by atomic mass is 16.6. The van der Waals surface area contributed by atoms with Gasteiger partial charge in [-0.25, -0.2) is 14.6 Å². The van der Waals surface area contributed by atoms with Gasteiger partial charge in [0.25, 0.3) is 11.5 Å². The molecule has 1 heterocycles. The second-order valence-electron chi connectivity index (χ2n) is 26.7. The fraction of sp³-hybridized carbons (Fsp3) is 0.875. The summed E-state index contributed by atoms with van der Waals surface area (Å²) in [5.41, 5.74) is 3.45. The smallest absolute Gasteiger partial charge is 0.268 e. The topological polar surface area (TPSA) is 248 Å². The van der Waals surface area contributed by atoms with Crippen LogP contribution in [0.5, 0.6) is 0 Å². The molecule has 0 radical (unpaired) electrons. The third-order valence-electron chi connectivity index (χ3n) is 15.5. The number of fused-ring (bicyclic) bond motifs is 1. The Kier molecular flexibility index (Phi) is 49.5. The van der Waals surface area contributed by atoms with Crippen LogP contribution in [0.2, 0.25) is 0 Å². The van der Waals surface area contributed by atoms with Crippen LogP contribution in [-0.2, 0) is 61.6 Å². The van der Waals surface area contributed by atoms with Gasteiger partial charge in [-0.1, -0.05) is 109 Å². The van der Waals surface area contributed by atoms with Crippen LogP contribution in [0, 0.1) is 0 Å². The molecule has 22 nitrogen and oxygen atoms in total. The molecule has 94 heavy (non-hydrogen) atoms. The second kappa shape index (κ2) is 53.2. The molecule has 0 spiro atoms. The summed E-state index contributed by atoms with van der Waals surface area (Å²) < 4.78 is 80.0. The van der Waals surface area contributed by atoms with Crippen LogP contribution in [0.1, 0.15) is 224 Å². The first-order valence-electron chi connectivity index (χ1n) is 35.9. The first kappa shape index (κ1) is 87.4. The number of unbranched alkanes of at least 4 members (excludes halogenated alkanes) is 13. The van der Waals surface area contributed by atoms with Gasteiger partial charge in [0.05, 0.1) is 195 Å². The zero-order valence-corrected chi connectivity index (χ0v) is 61.3. The van der Waals surface area contributed by atoms with E-state index in [1.807, 2.05) is 89.2 Å². The summed E-state index contributed by atoms with van der Waals surface area (Å²) in [6.45, 7) is 34.7. The summed E-state index contributed by atoms with van der Waals surface area (Å²) in [5, 5.41) is 30.8. The predicted octanol–water partition coefficient (Wildman–Crippen LogP) is 10.8. The minimum absolute atomic E-state index is 0.168. The van der Waals surface area contributed by atoms with E-state index in [2.05, 4.69) is 12.3 Å². The molecule has 2 aromatic rings.